The van der Waals surface area contributed by atoms with Crippen molar-refractivity contribution < 1.29 is 4.74 Å². The summed E-state index contributed by atoms with van der Waals surface area (Å²) in [6, 6.07) is 11.0. The summed E-state index contributed by atoms with van der Waals surface area (Å²) in [6.45, 7) is 12.4. The lowest BCUT2D eigenvalue weighted by molar-refractivity contribution is 0.0906. The summed E-state index contributed by atoms with van der Waals surface area (Å²) in [6.07, 6.45) is 5.05. The van der Waals surface area contributed by atoms with E-state index in [9.17, 15) is 0 Å². The summed E-state index contributed by atoms with van der Waals surface area (Å²) in [7, 11) is 0. The number of benzene rings is 1. The molecule has 0 saturated carbocycles. The summed E-state index contributed by atoms with van der Waals surface area (Å²) >= 11 is 0. The van der Waals surface area contributed by atoms with E-state index in [1.54, 1.807) is 0 Å². The minimum atomic E-state index is 0. The van der Waals surface area contributed by atoms with Gasteiger partial charge in [0.25, 0.3) is 0 Å². The number of hydrogen-bond donors (Lipinski definition) is 1. The Morgan fingerprint density at radius 1 is 1.17 bits per heavy atom. The summed E-state index contributed by atoms with van der Waals surface area (Å²) < 4.78 is 5.98. The molecule has 2 saturated heterocycles. The zero-order valence-electron chi connectivity index (χ0n) is 18.2. The van der Waals surface area contributed by atoms with Gasteiger partial charge < -0.3 is 15.0 Å². The maximum atomic E-state index is 5.98. The molecule has 0 amide bonds. The molecule has 2 unspecified atom stereocenters. The van der Waals surface area contributed by atoms with Crippen LogP contribution >= 0.6 is 24.0 Å². The Labute approximate surface area is 194 Å². The molecule has 2 aliphatic heterocycles. The third kappa shape index (κ3) is 7.72. The van der Waals surface area contributed by atoms with Gasteiger partial charge in [-0.1, -0.05) is 37.3 Å². The SMILES string of the molecule is CCNC(=NCC(CC)N1CCCC1)N1CCC(COCc2ccccc2)C1.I. The normalized spacial score (nSPS) is 21.2. The van der Waals surface area contributed by atoms with Gasteiger partial charge in [-0.2, -0.15) is 0 Å². The molecule has 1 N–H and O–H groups in total. The van der Waals surface area contributed by atoms with Gasteiger partial charge in [0.1, 0.15) is 0 Å². The predicted octanol–water partition coefficient (Wildman–Crippen LogP) is 3.98. The van der Waals surface area contributed by atoms with Crippen LogP contribution in [0.25, 0.3) is 0 Å². The van der Waals surface area contributed by atoms with E-state index in [0.29, 0.717) is 18.6 Å². The Balaban J connectivity index is 0.00000300. The van der Waals surface area contributed by atoms with Crippen molar-refractivity contribution >= 4 is 29.9 Å². The maximum absolute atomic E-state index is 5.98. The zero-order chi connectivity index (χ0) is 19.6. The van der Waals surface area contributed by atoms with Gasteiger partial charge in [-0.3, -0.25) is 9.89 Å². The van der Waals surface area contributed by atoms with Crippen LogP contribution in [-0.2, 0) is 11.3 Å². The van der Waals surface area contributed by atoms with E-state index < -0.39 is 0 Å². The second-order valence-corrected chi connectivity index (χ2v) is 8.10. The lowest BCUT2D eigenvalue weighted by Gasteiger charge is -2.27. The molecule has 0 bridgehead atoms. The van der Waals surface area contributed by atoms with Crippen LogP contribution in [0.5, 0.6) is 0 Å². The highest BCUT2D eigenvalue weighted by molar-refractivity contribution is 14.0. The fourth-order valence-corrected chi connectivity index (χ4v) is 4.31. The van der Waals surface area contributed by atoms with Crippen molar-refractivity contribution in [3.63, 3.8) is 0 Å². The molecule has 1 aromatic rings. The Hall–Kier alpha value is -0.860. The number of halogens is 1. The van der Waals surface area contributed by atoms with Gasteiger partial charge >= 0.3 is 0 Å². The summed E-state index contributed by atoms with van der Waals surface area (Å²) in [4.78, 5) is 10.1. The van der Waals surface area contributed by atoms with Gasteiger partial charge in [0, 0.05) is 31.6 Å². The summed E-state index contributed by atoms with van der Waals surface area (Å²) in [5, 5.41) is 3.51. The van der Waals surface area contributed by atoms with Crippen LogP contribution in [0.1, 0.15) is 45.1 Å². The number of hydrogen-bond acceptors (Lipinski definition) is 3. The van der Waals surface area contributed by atoms with Crippen molar-refractivity contribution in [2.24, 2.45) is 10.9 Å². The Bertz CT molecular complexity index is 592. The molecule has 2 heterocycles. The summed E-state index contributed by atoms with van der Waals surface area (Å²) in [5.41, 5.74) is 1.25. The van der Waals surface area contributed by atoms with Crippen LogP contribution in [0.4, 0.5) is 0 Å². The van der Waals surface area contributed by atoms with Gasteiger partial charge in [0.05, 0.1) is 19.8 Å². The molecule has 29 heavy (non-hydrogen) atoms. The van der Waals surface area contributed by atoms with E-state index in [1.165, 1.54) is 44.3 Å². The standard InChI is InChI=1S/C23H38N4O.HI/c1-3-22(26-13-8-9-14-26)16-25-23(24-4-2)27-15-12-21(17-27)19-28-18-20-10-6-5-7-11-20;/h5-7,10-11,21-22H,3-4,8-9,12-19H2,1-2H3,(H,24,25);1H. The molecule has 0 aromatic heterocycles. The highest BCUT2D eigenvalue weighted by atomic mass is 127. The van der Waals surface area contributed by atoms with Crippen molar-refractivity contribution in [1.82, 2.24) is 15.1 Å². The molecule has 2 fully saturated rings. The molecule has 164 valence electrons. The number of nitrogens with one attached hydrogen (secondary N) is 1. The van der Waals surface area contributed by atoms with E-state index in [2.05, 4.69) is 53.2 Å². The minimum absolute atomic E-state index is 0. The van der Waals surface area contributed by atoms with Crippen LogP contribution in [0, 0.1) is 5.92 Å². The first kappa shape index (κ1) is 24.4. The maximum Gasteiger partial charge on any atom is 0.193 e. The van der Waals surface area contributed by atoms with Gasteiger partial charge in [-0.05, 0) is 51.3 Å². The van der Waals surface area contributed by atoms with Gasteiger partial charge in [-0.15, -0.1) is 24.0 Å². The van der Waals surface area contributed by atoms with Crippen LogP contribution in [0.15, 0.2) is 35.3 Å². The lowest BCUT2D eigenvalue weighted by Crippen LogP contribution is -2.42. The van der Waals surface area contributed by atoms with Crippen molar-refractivity contribution in [2.45, 2.75) is 52.2 Å². The number of nitrogens with zero attached hydrogens (tertiary/aromatic N) is 3. The molecule has 1 aromatic carbocycles. The first-order valence-corrected chi connectivity index (χ1v) is 11.2. The van der Waals surface area contributed by atoms with Crippen molar-refractivity contribution in [2.75, 3.05) is 45.9 Å². The van der Waals surface area contributed by atoms with E-state index in [0.717, 1.165) is 38.7 Å². The molecule has 3 rings (SSSR count). The van der Waals surface area contributed by atoms with Crippen LogP contribution in [-0.4, -0.2) is 67.7 Å². The second-order valence-electron chi connectivity index (χ2n) is 8.10. The highest BCUT2D eigenvalue weighted by Gasteiger charge is 2.26. The Kier molecular flexibility index (Phi) is 11.3. The number of likely N-dealkylation sites (tertiary alicyclic amines) is 2. The fraction of sp³-hybridized carbons (Fsp3) is 0.696. The van der Waals surface area contributed by atoms with E-state index in [-0.39, 0.29) is 24.0 Å². The van der Waals surface area contributed by atoms with E-state index >= 15 is 0 Å². The second kappa shape index (κ2) is 13.4. The Morgan fingerprint density at radius 2 is 1.93 bits per heavy atom. The predicted molar refractivity (Wildman–Crippen MR) is 132 cm³/mol. The fourth-order valence-electron chi connectivity index (χ4n) is 4.31. The number of rotatable bonds is 9. The zero-order valence-corrected chi connectivity index (χ0v) is 20.5. The highest BCUT2D eigenvalue weighted by Crippen LogP contribution is 2.18. The average molecular weight is 514 g/mol. The van der Waals surface area contributed by atoms with Gasteiger partial charge in [0.2, 0.25) is 0 Å². The first-order valence-electron chi connectivity index (χ1n) is 11.2. The van der Waals surface area contributed by atoms with Crippen molar-refractivity contribution in [3.05, 3.63) is 35.9 Å². The number of guanidine groups is 1. The Morgan fingerprint density at radius 3 is 2.62 bits per heavy atom. The molecule has 2 aliphatic rings. The molecule has 0 aliphatic carbocycles. The largest absolute Gasteiger partial charge is 0.376 e. The minimum Gasteiger partial charge on any atom is -0.376 e. The lowest BCUT2D eigenvalue weighted by atomic mass is 10.1. The molecule has 5 nitrogen and oxygen atoms in total. The van der Waals surface area contributed by atoms with Gasteiger partial charge in [0.15, 0.2) is 5.96 Å². The number of ether oxygens (including phenoxy) is 1. The monoisotopic (exact) mass is 514 g/mol. The van der Waals surface area contributed by atoms with Crippen LogP contribution in [0.2, 0.25) is 0 Å². The smallest absolute Gasteiger partial charge is 0.193 e. The molecule has 2 atom stereocenters. The van der Waals surface area contributed by atoms with Crippen LogP contribution < -0.4 is 5.32 Å². The number of aliphatic imine (C=N–C) groups is 1. The average Bonchev–Trinajstić information content (AvgIpc) is 3.41. The molecule has 6 heteroatoms. The third-order valence-electron chi connectivity index (χ3n) is 5.97. The molecule has 0 spiro atoms. The first-order chi connectivity index (χ1) is 13.8. The molecular formula is C23H39IN4O. The van der Waals surface area contributed by atoms with E-state index in [4.69, 9.17) is 9.73 Å². The van der Waals surface area contributed by atoms with Crippen molar-refractivity contribution in [1.29, 1.82) is 0 Å². The van der Waals surface area contributed by atoms with E-state index in [1.807, 2.05) is 6.07 Å². The topological polar surface area (TPSA) is 40.1 Å². The molecular weight excluding hydrogens is 475 g/mol. The summed E-state index contributed by atoms with van der Waals surface area (Å²) in [5.74, 6) is 1.68. The quantitative estimate of drug-likeness (QED) is 0.308. The van der Waals surface area contributed by atoms with Gasteiger partial charge in [-0.25, -0.2) is 0 Å². The third-order valence-corrected chi connectivity index (χ3v) is 5.97. The van der Waals surface area contributed by atoms with Crippen molar-refractivity contribution in [3.8, 4) is 0 Å². The molecule has 0 radical (unpaired) electrons. The van der Waals surface area contributed by atoms with Crippen LogP contribution in [0.3, 0.4) is 0 Å².